The molecule has 1 fully saturated rings. The topological polar surface area (TPSA) is 75.7 Å². The third-order valence-electron chi connectivity index (χ3n) is 5.44. The van der Waals surface area contributed by atoms with E-state index in [-0.39, 0.29) is 29.1 Å². The van der Waals surface area contributed by atoms with Crippen molar-refractivity contribution in [1.82, 2.24) is 9.62 Å². The molecule has 1 saturated heterocycles. The van der Waals surface area contributed by atoms with Gasteiger partial charge in [0.2, 0.25) is 10.0 Å². The summed E-state index contributed by atoms with van der Waals surface area (Å²) in [5.41, 5.74) is 1.31. The molecule has 2 aromatic carbocycles. The predicted molar refractivity (Wildman–Crippen MR) is 122 cm³/mol. The van der Waals surface area contributed by atoms with Crippen LogP contribution in [-0.4, -0.2) is 49.7 Å². The molecule has 2 heterocycles. The Kier molecular flexibility index (Phi) is 6.65. The monoisotopic (exact) mass is 480 g/mol. The molecule has 1 N–H and O–H groups in total. The van der Waals surface area contributed by atoms with E-state index in [9.17, 15) is 13.2 Å². The van der Waals surface area contributed by atoms with Gasteiger partial charge in [0.1, 0.15) is 0 Å². The van der Waals surface area contributed by atoms with Gasteiger partial charge in [0.15, 0.2) is 0 Å². The van der Waals surface area contributed by atoms with Gasteiger partial charge in [0.05, 0.1) is 23.1 Å². The predicted octanol–water partition coefficient (Wildman–Crippen LogP) is 4.10. The lowest BCUT2D eigenvalue weighted by atomic mass is 10.0. The van der Waals surface area contributed by atoms with E-state index in [0.717, 1.165) is 22.6 Å². The van der Waals surface area contributed by atoms with Gasteiger partial charge in [0.25, 0.3) is 5.91 Å². The normalized spacial score (nSPS) is 24.4. The van der Waals surface area contributed by atoms with E-state index in [1.807, 2.05) is 32.0 Å². The third kappa shape index (κ3) is 4.93. The summed E-state index contributed by atoms with van der Waals surface area (Å²) in [6.07, 6.45) is 0.424. The van der Waals surface area contributed by atoms with Crippen LogP contribution in [0.1, 0.15) is 42.2 Å². The summed E-state index contributed by atoms with van der Waals surface area (Å²) in [5, 5.41) is 3.68. The van der Waals surface area contributed by atoms with Crippen molar-refractivity contribution in [3.8, 4) is 0 Å². The molecule has 0 aliphatic carbocycles. The van der Waals surface area contributed by atoms with E-state index in [4.69, 9.17) is 16.3 Å². The van der Waals surface area contributed by atoms with Crippen LogP contribution < -0.4 is 5.32 Å². The molecule has 166 valence electrons. The van der Waals surface area contributed by atoms with E-state index in [0.29, 0.717) is 23.7 Å². The quantitative estimate of drug-likeness (QED) is 0.712. The van der Waals surface area contributed by atoms with Gasteiger partial charge in [-0.1, -0.05) is 17.7 Å². The summed E-state index contributed by atoms with van der Waals surface area (Å²) in [5.74, 6) is 0.588. The zero-order chi connectivity index (χ0) is 22.2. The Hall–Kier alpha value is -1.58. The number of sulfonamides is 1. The van der Waals surface area contributed by atoms with Gasteiger partial charge in [0, 0.05) is 34.3 Å². The Labute approximate surface area is 192 Å². The lowest BCUT2D eigenvalue weighted by Crippen LogP contribution is -2.48. The smallest absolute Gasteiger partial charge is 0.251 e. The lowest BCUT2D eigenvalue weighted by molar-refractivity contribution is -0.0440. The first-order valence-corrected chi connectivity index (χ1v) is 13.0. The van der Waals surface area contributed by atoms with Crippen LogP contribution in [0.25, 0.3) is 0 Å². The van der Waals surface area contributed by atoms with Crippen molar-refractivity contribution in [2.75, 3.05) is 18.8 Å². The molecule has 6 nitrogen and oxygen atoms in total. The molecule has 0 saturated carbocycles. The molecule has 0 aromatic heterocycles. The molecule has 2 aromatic rings. The maximum Gasteiger partial charge on any atom is 0.251 e. The highest BCUT2D eigenvalue weighted by atomic mass is 35.5. The first kappa shape index (κ1) is 22.6. The van der Waals surface area contributed by atoms with Crippen LogP contribution in [-0.2, 0) is 14.8 Å². The summed E-state index contributed by atoms with van der Waals surface area (Å²) in [6.45, 7) is 4.30. The fourth-order valence-corrected chi connectivity index (χ4v) is 6.95. The van der Waals surface area contributed by atoms with Gasteiger partial charge in [-0.2, -0.15) is 4.31 Å². The number of carbonyl (C=O) groups excluding carboxylic acids is 1. The molecule has 9 heteroatoms. The molecule has 2 aliphatic rings. The van der Waals surface area contributed by atoms with Gasteiger partial charge in [-0.15, -0.1) is 11.8 Å². The Morgan fingerprint density at radius 3 is 2.65 bits per heavy atom. The number of hydrogen-bond donors (Lipinski definition) is 1. The molecule has 1 amide bonds. The second kappa shape index (κ2) is 9.11. The summed E-state index contributed by atoms with van der Waals surface area (Å²) < 4.78 is 33.4. The number of carbonyl (C=O) groups is 1. The summed E-state index contributed by atoms with van der Waals surface area (Å²) in [6, 6.07) is 11.8. The van der Waals surface area contributed by atoms with Crippen LogP contribution in [0, 0.1) is 0 Å². The number of fused-ring (bicyclic) bond motifs is 1. The Balaban J connectivity index is 1.55. The number of amides is 1. The minimum absolute atomic E-state index is 0.115. The molecule has 0 radical (unpaired) electrons. The minimum atomic E-state index is -3.72. The van der Waals surface area contributed by atoms with E-state index in [2.05, 4.69) is 5.32 Å². The fraction of sp³-hybridized carbons (Fsp3) is 0.409. The highest BCUT2D eigenvalue weighted by molar-refractivity contribution is 7.99. The second-order valence-electron chi connectivity index (χ2n) is 7.95. The zero-order valence-corrected chi connectivity index (χ0v) is 19.8. The van der Waals surface area contributed by atoms with E-state index < -0.39 is 10.0 Å². The van der Waals surface area contributed by atoms with Crippen LogP contribution in [0.3, 0.4) is 0 Å². The van der Waals surface area contributed by atoms with Crippen molar-refractivity contribution in [1.29, 1.82) is 0 Å². The number of halogens is 1. The lowest BCUT2D eigenvalue weighted by Gasteiger charge is -2.34. The van der Waals surface area contributed by atoms with Gasteiger partial charge in [-0.25, -0.2) is 8.42 Å². The van der Waals surface area contributed by atoms with Crippen molar-refractivity contribution in [3.63, 3.8) is 0 Å². The van der Waals surface area contributed by atoms with Crippen LogP contribution in [0.15, 0.2) is 52.3 Å². The van der Waals surface area contributed by atoms with Crippen molar-refractivity contribution < 1.29 is 17.9 Å². The van der Waals surface area contributed by atoms with Crippen molar-refractivity contribution in [3.05, 3.63) is 58.6 Å². The number of ether oxygens (including phenoxy) is 1. The molecule has 3 unspecified atom stereocenters. The van der Waals surface area contributed by atoms with Crippen molar-refractivity contribution in [2.24, 2.45) is 0 Å². The van der Waals surface area contributed by atoms with E-state index >= 15 is 0 Å². The van der Waals surface area contributed by atoms with Gasteiger partial charge >= 0.3 is 0 Å². The maximum absolute atomic E-state index is 13.2. The van der Waals surface area contributed by atoms with Crippen LogP contribution in [0.5, 0.6) is 0 Å². The maximum atomic E-state index is 13.2. The molecule has 4 rings (SSSR count). The number of benzene rings is 2. The van der Waals surface area contributed by atoms with Gasteiger partial charge in [-0.3, -0.25) is 4.79 Å². The molecule has 2 aliphatic heterocycles. The first-order chi connectivity index (χ1) is 14.7. The second-order valence-corrected chi connectivity index (χ2v) is 11.5. The zero-order valence-electron chi connectivity index (χ0n) is 17.4. The van der Waals surface area contributed by atoms with Crippen LogP contribution >= 0.6 is 23.4 Å². The van der Waals surface area contributed by atoms with E-state index in [1.54, 1.807) is 23.9 Å². The molecular weight excluding hydrogens is 456 g/mol. The molecular formula is C22H25ClN2O4S2. The summed E-state index contributed by atoms with van der Waals surface area (Å²) in [7, 11) is -3.72. The summed E-state index contributed by atoms with van der Waals surface area (Å²) >= 11 is 7.90. The number of rotatable bonds is 4. The standard InChI is InChI=1S/C22H25ClN2O4S2/c1-14-12-25(13-15(2)29-14)31(27,28)18-5-3-4-16(10-18)22(26)24-20-8-9-30-21-7-6-17(23)11-19(20)21/h3-7,10-11,14-15,20H,8-9,12-13H2,1-2H3,(H,24,26). The number of hydrogen-bond acceptors (Lipinski definition) is 5. The van der Waals surface area contributed by atoms with Crippen molar-refractivity contribution in [2.45, 2.75) is 48.3 Å². The van der Waals surface area contributed by atoms with Crippen molar-refractivity contribution >= 4 is 39.3 Å². The largest absolute Gasteiger partial charge is 0.373 e. The summed E-state index contributed by atoms with van der Waals surface area (Å²) in [4.78, 5) is 14.2. The molecule has 0 spiro atoms. The molecule has 0 bridgehead atoms. The van der Waals surface area contributed by atoms with Crippen LogP contribution in [0.2, 0.25) is 5.02 Å². The molecule has 3 atom stereocenters. The number of morpholine rings is 1. The highest BCUT2D eigenvalue weighted by Crippen LogP contribution is 2.37. The minimum Gasteiger partial charge on any atom is -0.373 e. The fourth-order valence-electron chi connectivity index (χ4n) is 4.03. The van der Waals surface area contributed by atoms with E-state index in [1.165, 1.54) is 16.4 Å². The highest BCUT2D eigenvalue weighted by Gasteiger charge is 2.32. The SMILES string of the molecule is CC1CN(S(=O)(=O)c2cccc(C(=O)NC3CCSc4ccc(Cl)cc43)c2)CC(C)O1. The Bertz CT molecular complexity index is 1080. The van der Waals surface area contributed by atoms with Gasteiger partial charge in [-0.05, 0) is 62.2 Å². The number of nitrogens with zero attached hydrogens (tertiary/aromatic N) is 1. The van der Waals surface area contributed by atoms with Crippen LogP contribution in [0.4, 0.5) is 0 Å². The third-order valence-corrected chi connectivity index (χ3v) is 8.62. The Morgan fingerprint density at radius 1 is 1.16 bits per heavy atom. The number of thioether (sulfide) groups is 1. The average molecular weight is 481 g/mol. The Morgan fingerprint density at radius 2 is 1.90 bits per heavy atom. The van der Waals surface area contributed by atoms with Gasteiger partial charge < -0.3 is 10.1 Å². The molecule has 31 heavy (non-hydrogen) atoms. The number of nitrogens with one attached hydrogen (secondary N) is 1. The first-order valence-electron chi connectivity index (χ1n) is 10.2. The average Bonchev–Trinajstić information content (AvgIpc) is 2.73.